The summed E-state index contributed by atoms with van der Waals surface area (Å²) in [6.07, 6.45) is -4.09. The monoisotopic (exact) mass is 562 g/mol. The third-order valence-corrected chi connectivity index (χ3v) is 8.34. The summed E-state index contributed by atoms with van der Waals surface area (Å²) < 4.78 is 73.2. The number of piperidine rings is 1. The molecule has 3 N–H and O–H groups in total. The van der Waals surface area contributed by atoms with E-state index in [2.05, 4.69) is 5.32 Å². The van der Waals surface area contributed by atoms with Gasteiger partial charge in [-0.05, 0) is 49.1 Å². The van der Waals surface area contributed by atoms with Gasteiger partial charge in [0.25, 0.3) is 10.0 Å². The summed E-state index contributed by atoms with van der Waals surface area (Å²) in [6.45, 7) is 0.482. The van der Waals surface area contributed by atoms with Crippen molar-refractivity contribution in [2.75, 3.05) is 30.5 Å². The van der Waals surface area contributed by atoms with Crippen molar-refractivity contribution in [3.8, 4) is 0 Å². The highest BCUT2D eigenvalue weighted by Crippen LogP contribution is 2.37. The Labute approximate surface area is 217 Å². The van der Waals surface area contributed by atoms with E-state index in [0.717, 1.165) is 18.6 Å². The number of rotatable bonds is 9. The highest BCUT2D eigenvalue weighted by molar-refractivity contribution is 7.92. The van der Waals surface area contributed by atoms with Crippen LogP contribution in [-0.2, 0) is 25.7 Å². The third-order valence-electron chi connectivity index (χ3n) is 6.25. The molecular formula is C23H26ClF3N4O5S. The Morgan fingerprint density at radius 2 is 1.92 bits per heavy atom. The van der Waals surface area contributed by atoms with Crippen LogP contribution in [0.25, 0.3) is 0 Å². The first-order chi connectivity index (χ1) is 17.5. The van der Waals surface area contributed by atoms with Gasteiger partial charge in [-0.2, -0.15) is 18.7 Å². The van der Waals surface area contributed by atoms with Crippen LogP contribution >= 0.6 is 11.6 Å². The molecule has 2 saturated heterocycles. The number of anilines is 1. The number of sulfonamides is 1. The maximum absolute atomic E-state index is 13.5. The van der Waals surface area contributed by atoms with Crippen molar-refractivity contribution in [2.24, 2.45) is 5.92 Å². The lowest BCUT2D eigenvalue weighted by Gasteiger charge is -2.35. The number of nitrogens with one attached hydrogen (secondary N) is 2. The second kappa shape index (κ2) is 11.1. The van der Waals surface area contributed by atoms with Crippen LogP contribution in [0.2, 0.25) is 5.02 Å². The molecule has 37 heavy (non-hydrogen) atoms. The highest BCUT2D eigenvalue weighted by atomic mass is 35.5. The smallest absolute Gasteiger partial charge is 0.341 e. The molecule has 2 fully saturated rings. The minimum atomic E-state index is -4.74. The number of halogens is 4. The molecule has 0 bridgehead atoms. The lowest BCUT2D eigenvalue weighted by molar-refractivity contribution is -0.137. The highest BCUT2D eigenvalue weighted by Gasteiger charge is 2.39. The fourth-order valence-electron chi connectivity index (χ4n) is 4.23. The van der Waals surface area contributed by atoms with Crippen molar-refractivity contribution in [3.63, 3.8) is 0 Å². The Hall–Kier alpha value is -2.42. The average molecular weight is 563 g/mol. The molecule has 3 unspecified atom stereocenters. The van der Waals surface area contributed by atoms with Crippen LogP contribution in [0.3, 0.4) is 0 Å². The molecule has 0 aromatic heterocycles. The van der Waals surface area contributed by atoms with E-state index in [0.29, 0.717) is 36.4 Å². The van der Waals surface area contributed by atoms with Crippen LogP contribution in [0, 0.1) is 5.92 Å². The number of hydrogen-bond donors (Lipinski definition) is 3. The number of likely N-dealkylation sites (tertiary alicyclic amines) is 1. The molecule has 202 valence electrons. The molecule has 1 amide bonds. The number of nitrogens with zero attached hydrogens (tertiary/aromatic N) is 2. The van der Waals surface area contributed by atoms with Crippen molar-refractivity contribution in [1.82, 2.24) is 15.7 Å². The van der Waals surface area contributed by atoms with E-state index < -0.39 is 46.1 Å². The van der Waals surface area contributed by atoms with Gasteiger partial charge in [-0.1, -0.05) is 29.8 Å². The molecule has 0 aliphatic carbocycles. The number of amides is 1. The average Bonchev–Trinajstić information content (AvgIpc) is 3.65. The van der Waals surface area contributed by atoms with Crippen LogP contribution in [0.1, 0.15) is 18.4 Å². The van der Waals surface area contributed by atoms with Gasteiger partial charge in [0, 0.05) is 19.6 Å². The van der Waals surface area contributed by atoms with E-state index in [-0.39, 0.29) is 22.1 Å². The van der Waals surface area contributed by atoms with Gasteiger partial charge in [0.2, 0.25) is 5.91 Å². The topological polar surface area (TPSA) is 115 Å². The predicted molar refractivity (Wildman–Crippen MR) is 128 cm³/mol. The zero-order valence-electron chi connectivity index (χ0n) is 19.5. The lowest BCUT2D eigenvalue weighted by Crippen LogP contribution is -2.48. The molecule has 0 spiro atoms. The molecule has 2 aliphatic rings. The molecule has 2 heterocycles. The molecule has 2 aromatic carbocycles. The maximum Gasteiger partial charge on any atom is 0.416 e. The van der Waals surface area contributed by atoms with Gasteiger partial charge in [0.15, 0.2) is 12.5 Å². The Balaban J connectivity index is 1.58. The first kappa shape index (κ1) is 27.6. The summed E-state index contributed by atoms with van der Waals surface area (Å²) in [7, 11) is -4.43. The number of hydroxylamine groups is 1. The second-order valence-electron chi connectivity index (χ2n) is 8.85. The number of carbonyl (C=O) groups excluding carboxylic acids is 1. The Morgan fingerprint density at radius 1 is 1.19 bits per heavy atom. The summed E-state index contributed by atoms with van der Waals surface area (Å²) in [5, 5.41) is 11.7. The summed E-state index contributed by atoms with van der Waals surface area (Å²) in [6, 6.07) is 9.50. The normalized spacial score (nSPS) is 22.1. The van der Waals surface area contributed by atoms with Crippen LogP contribution < -0.4 is 15.1 Å². The van der Waals surface area contributed by atoms with Gasteiger partial charge >= 0.3 is 6.18 Å². The SMILES string of the molecule is O=C(CN(c1cc(C(F)(F)F)ccc1Cl)S(=O)(=O)c1ccccc1)N1CCCC(CNC2OC2NO)C1. The zero-order chi connectivity index (χ0) is 26.8. The molecule has 0 saturated carbocycles. The van der Waals surface area contributed by atoms with E-state index in [1.165, 1.54) is 29.2 Å². The number of benzene rings is 2. The molecule has 14 heteroatoms. The van der Waals surface area contributed by atoms with E-state index in [4.69, 9.17) is 21.5 Å². The van der Waals surface area contributed by atoms with Crippen LogP contribution in [0.5, 0.6) is 0 Å². The van der Waals surface area contributed by atoms with Gasteiger partial charge in [0.1, 0.15) is 6.54 Å². The van der Waals surface area contributed by atoms with E-state index in [9.17, 15) is 26.4 Å². The first-order valence-electron chi connectivity index (χ1n) is 11.5. The lowest BCUT2D eigenvalue weighted by atomic mass is 9.98. The minimum Gasteiger partial charge on any atom is -0.341 e. The number of alkyl halides is 3. The van der Waals surface area contributed by atoms with E-state index in [1.54, 1.807) is 6.07 Å². The second-order valence-corrected chi connectivity index (χ2v) is 11.1. The zero-order valence-corrected chi connectivity index (χ0v) is 21.1. The largest absolute Gasteiger partial charge is 0.416 e. The molecule has 4 rings (SSSR count). The summed E-state index contributed by atoms with van der Waals surface area (Å²) in [4.78, 5) is 14.6. The molecular weight excluding hydrogens is 537 g/mol. The van der Waals surface area contributed by atoms with Crippen molar-refractivity contribution in [3.05, 3.63) is 59.1 Å². The minimum absolute atomic E-state index is 0.0394. The van der Waals surface area contributed by atoms with Crippen LogP contribution in [0.4, 0.5) is 18.9 Å². The summed E-state index contributed by atoms with van der Waals surface area (Å²) in [5.41, 5.74) is 0.472. The molecule has 0 radical (unpaired) electrons. The van der Waals surface area contributed by atoms with Crippen molar-refractivity contribution >= 4 is 33.2 Å². The molecule has 3 atom stereocenters. The molecule has 2 aromatic rings. The fraction of sp³-hybridized carbons (Fsp3) is 0.435. The van der Waals surface area contributed by atoms with Gasteiger partial charge in [-0.15, -0.1) is 0 Å². The fourth-order valence-corrected chi connectivity index (χ4v) is 5.94. The number of hydrogen-bond acceptors (Lipinski definition) is 7. The number of ether oxygens (including phenoxy) is 1. The van der Waals surface area contributed by atoms with E-state index in [1.807, 2.05) is 5.48 Å². The van der Waals surface area contributed by atoms with Gasteiger partial charge in [-0.3, -0.25) is 14.4 Å². The quantitative estimate of drug-likeness (QED) is 0.318. The van der Waals surface area contributed by atoms with Gasteiger partial charge in [-0.25, -0.2) is 8.42 Å². The first-order valence-corrected chi connectivity index (χ1v) is 13.3. The van der Waals surface area contributed by atoms with E-state index >= 15 is 0 Å². The summed E-state index contributed by atoms with van der Waals surface area (Å²) >= 11 is 6.19. The number of carbonyl (C=O) groups is 1. The predicted octanol–water partition coefficient (Wildman–Crippen LogP) is 3.04. The van der Waals surface area contributed by atoms with Crippen molar-refractivity contribution < 1.29 is 36.3 Å². The van der Waals surface area contributed by atoms with Crippen molar-refractivity contribution in [2.45, 2.75) is 36.4 Å². The van der Waals surface area contributed by atoms with Crippen LogP contribution in [-0.4, -0.2) is 63.1 Å². The third kappa shape index (κ3) is 6.54. The molecule has 2 aliphatic heterocycles. The Bertz CT molecular complexity index is 1220. The van der Waals surface area contributed by atoms with Crippen molar-refractivity contribution in [1.29, 1.82) is 0 Å². The van der Waals surface area contributed by atoms with Gasteiger partial charge < -0.3 is 14.8 Å². The van der Waals surface area contributed by atoms with Gasteiger partial charge in [0.05, 0.1) is 21.2 Å². The van der Waals surface area contributed by atoms with Crippen LogP contribution in [0.15, 0.2) is 53.4 Å². The summed E-state index contributed by atoms with van der Waals surface area (Å²) in [5.74, 6) is -0.521. The Kier molecular flexibility index (Phi) is 8.31. The maximum atomic E-state index is 13.5. The number of epoxide rings is 1. The Morgan fingerprint density at radius 3 is 2.57 bits per heavy atom. The standard InChI is InChI=1S/C23H26ClF3N4O5S/c24-18-9-8-16(23(25,26)27)11-19(18)31(37(34,35)17-6-2-1-3-7-17)14-20(32)30-10-4-5-15(13-30)12-28-21-22(29-33)36-21/h1-3,6-9,11,15,21-22,28-29,33H,4-5,10,12-14H2. The molecule has 9 nitrogen and oxygen atoms in total.